The van der Waals surface area contributed by atoms with E-state index in [1.54, 1.807) is 0 Å². The lowest BCUT2D eigenvalue weighted by atomic mass is 10.4. The molecule has 0 unspecified atom stereocenters. The average Bonchev–Trinajstić information content (AvgIpc) is 1.97. The van der Waals surface area contributed by atoms with Crippen molar-refractivity contribution in [1.29, 1.82) is 0 Å². The Bertz CT molecular complexity index is 216. The van der Waals surface area contributed by atoms with E-state index in [2.05, 4.69) is 4.72 Å². The molecule has 0 aromatic rings. The summed E-state index contributed by atoms with van der Waals surface area (Å²) in [6, 6.07) is 0. The van der Waals surface area contributed by atoms with Crippen LogP contribution in [0.2, 0.25) is 0 Å². The highest BCUT2D eigenvalue weighted by Crippen LogP contribution is 1.86. The number of aliphatic hydroxyl groups excluding tert-OH is 1. The molecule has 0 bridgehead atoms. The van der Waals surface area contributed by atoms with Gasteiger partial charge in [-0.1, -0.05) is 0 Å². The first kappa shape index (κ1) is 12.8. The summed E-state index contributed by atoms with van der Waals surface area (Å²) in [4.78, 5) is 1.95. The van der Waals surface area contributed by atoms with E-state index in [0.717, 1.165) is 19.2 Å². The van der Waals surface area contributed by atoms with Crippen LogP contribution in [-0.4, -0.2) is 58.0 Å². The summed E-state index contributed by atoms with van der Waals surface area (Å²) < 4.78 is 23.7. The SMILES string of the molecule is CN(CCO)CCCNS(C)(=O)=O. The Hall–Kier alpha value is -0.170. The van der Waals surface area contributed by atoms with Crippen molar-refractivity contribution in [3.8, 4) is 0 Å². The first-order chi connectivity index (χ1) is 5.95. The number of likely N-dealkylation sites (N-methyl/N-ethyl adjacent to an activating group) is 1. The summed E-state index contributed by atoms with van der Waals surface area (Å²) in [6.07, 6.45) is 1.90. The summed E-state index contributed by atoms with van der Waals surface area (Å²) in [5, 5.41) is 8.57. The van der Waals surface area contributed by atoms with Crippen LogP contribution in [-0.2, 0) is 10.0 Å². The summed E-state index contributed by atoms with van der Waals surface area (Å²) in [7, 11) is -1.17. The van der Waals surface area contributed by atoms with Crippen LogP contribution in [0, 0.1) is 0 Å². The van der Waals surface area contributed by atoms with Crippen molar-refractivity contribution >= 4 is 10.0 Å². The van der Waals surface area contributed by atoms with Gasteiger partial charge in [0.2, 0.25) is 10.0 Å². The third-order valence-electron chi connectivity index (χ3n) is 1.56. The van der Waals surface area contributed by atoms with Crippen molar-refractivity contribution < 1.29 is 13.5 Å². The number of sulfonamides is 1. The van der Waals surface area contributed by atoms with Crippen LogP contribution in [0.3, 0.4) is 0 Å². The lowest BCUT2D eigenvalue weighted by molar-refractivity contribution is 0.220. The van der Waals surface area contributed by atoms with Gasteiger partial charge in [-0.3, -0.25) is 0 Å². The van der Waals surface area contributed by atoms with Gasteiger partial charge in [-0.2, -0.15) is 0 Å². The first-order valence-electron chi connectivity index (χ1n) is 4.20. The predicted octanol–water partition coefficient (Wildman–Crippen LogP) is -1.15. The molecule has 0 aromatic carbocycles. The van der Waals surface area contributed by atoms with Crippen LogP contribution in [0.15, 0.2) is 0 Å². The zero-order valence-electron chi connectivity index (χ0n) is 8.15. The number of hydrogen-bond donors (Lipinski definition) is 2. The van der Waals surface area contributed by atoms with Crippen molar-refractivity contribution in [3.05, 3.63) is 0 Å². The maximum atomic E-state index is 10.6. The zero-order valence-corrected chi connectivity index (χ0v) is 8.97. The number of nitrogens with one attached hydrogen (secondary N) is 1. The molecule has 0 aliphatic heterocycles. The third kappa shape index (κ3) is 9.75. The highest BCUT2D eigenvalue weighted by atomic mass is 32.2. The minimum atomic E-state index is -3.05. The number of rotatable bonds is 7. The van der Waals surface area contributed by atoms with Crippen LogP contribution < -0.4 is 4.72 Å². The fraction of sp³-hybridized carbons (Fsp3) is 1.00. The maximum Gasteiger partial charge on any atom is 0.208 e. The Kier molecular flexibility index (Phi) is 6.23. The Labute approximate surface area is 79.8 Å². The van der Waals surface area contributed by atoms with Crippen molar-refractivity contribution in [2.75, 3.05) is 39.5 Å². The van der Waals surface area contributed by atoms with Gasteiger partial charge in [-0.25, -0.2) is 13.1 Å². The van der Waals surface area contributed by atoms with Gasteiger partial charge < -0.3 is 10.0 Å². The molecule has 0 amide bonds. The number of hydrogen-bond acceptors (Lipinski definition) is 4. The molecule has 0 saturated carbocycles. The molecular weight excluding hydrogens is 192 g/mol. The normalized spacial score (nSPS) is 12.3. The molecule has 0 aliphatic carbocycles. The quantitative estimate of drug-likeness (QED) is 0.521. The second-order valence-electron chi connectivity index (χ2n) is 3.05. The molecule has 13 heavy (non-hydrogen) atoms. The summed E-state index contributed by atoms with van der Waals surface area (Å²) in [5.41, 5.74) is 0. The van der Waals surface area contributed by atoms with Gasteiger partial charge in [0, 0.05) is 13.1 Å². The Morgan fingerprint density at radius 1 is 1.38 bits per heavy atom. The van der Waals surface area contributed by atoms with Crippen molar-refractivity contribution in [1.82, 2.24) is 9.62 Å². The third-order valence-corrected chi connectivity index (χ3v) is 2.29. The van der Waals surface area contributed by atoms with Crippen molar-refractivity contribution in [2.45, 2.75) is 6.42 Å². The van der Waals surface area contributed by atoms with Crippen LogP contribution in [0.25, 0.3) is 0 Å². The smallest absolute Gasteiger partial charge is 0.208 e. The molecule has 0 rings (SSSR count). The predicted molar refractivity (Wildman–Crippen MR) is 52.0 cm³/mol. The summed E-state index contributed by atoms with van der Waals surface area (Å²) >= 11 is 0. The topological polar surface area (TPSA) is 69.6 Å². The second-order valence-corrected chi connectivity index (χ2v) is 4.88. The summed E-state index contributed by atoms with van der Waals surface area (Å²) in [6.45, 7) is 1.99. The van der Waals surface area contributed by atoms with Crippen LogP contribution in [0.5, 0.6) is 0 Å². The molecule has 0 radical (unpaired) electrons. The molecule has 0 aromatic heterocycles. The van der Waals surface area contributed by atoms with Gasteiger partial charge in [0.25, 0.3) is 0 Å². The van der Waals surface area contributed by atoms with Gasteiger partial charge in [0.05, 0.1) is 12.9 Å². The van der Waals surface area contributed by atoms with Gasteiger partial charge in [0.1, 0.15) is 0 Å². The molecule has 0 spiro atoms. The Morgan fingerprint density at radius 3 is 2.46 bits per heavy atom. The van der Waals surface area contributed by atoms with E-state index < -0.39 is 10.0 Å². The molecule has 0 heterocycles. The van der Waals surface area contributed by atoms with E-state index >= 15 is 0 Å². The minimum absolute atomic E-state index is 0.135. The fourth-order valence-electron chi connectivity index (χ4n) is 0.889. The van der Waals surface area contributed by atoms with E-state index in [4.69, 9.17) is 5.11 Å². The molecule has 0 fully saturated rings. The molecule has 0 aliphatic rings. The minimum Gasteiger partial charge on any atom is -0.395 e. The van der Waals surface area contributed by atoms with Crippen molar-refractivity contribution in [3.63, 3.8) is 0 Å². The lowest BCUT2D eigenvalue weighted by Gasteiger charge is -2.14. The van der Waals surface area contributed by atoms with Gasteiger partial charge >= 0.3 is 0 Å². The Morgan fingerprint density at radius 2 is 2.00 bits per heavy atom. The molecule has 2 N–H and O–H groups in total. The second kappa shape index (κ2) is 6.31. The molecule has 6 heteroatoms. The fourth-order valence-corrected chi connectivity index (χ4v) is 1.40. The number of nitrogens with zero attached hydrogens (tertiary/aromatic N) is 1. The molecule has 0 atom stereocenters. The van der Waals surface area contributed by atoms with Crippen molar-refractivity contribution in [2.24, 2.45) is 0 Å². The highest BCUT2D eigenvalue weighted by molar-refractivity contribution is 7.88. The molecule has 5 nitrogen and oxygen atoms in total. The van der Waals surface area contributed by atoms with Crippen LogP contribution in [0.4, 0.5) is 0 Å². The lowest BCUT2D eigenvalue weighted by Crippen LogP contribution is -2.28. The largest absolute Gasteiger partial charge is 0.395 e. The van der Waals surface area contributed by atoms with Crippen LogP contribution in [0.1, 0.15) is 6.42 Å². The van der Waals surface area contributed by atoms with Crippen LogP contribution >= 0.6 is 0 Å². The van der Waals surface area contributed by atoms with E-state index in [-0.39, 0.29) is 6.61 Å². The van der Waals surface area contributed by atoms with Gasteiger partial charge in [0.15, 0.2) is 0 Å². The number of aliphatic hydroxyl groups is 1. The van der Waals surface area contributed by atoms with E-state index in [9.17, 15) is 8.42 Å². The highest BCUT2D eigenvalue weighted by Gasteiger charge is 2.00. The average molecular weight is 210 g/mol. The molecule has 80 valence electrons. The van der Waals surface area contributed by atoms with E-state index in [1.807, 2.05) is 11.9 Å². The van der Waals surface area contributed by atoms with E-state index in [1.165, 1.54) is 0 Å². The first-order valence-corrected chi connectivity index (χ1v) is 6.09. The zero-order chi connectivity index (χ0) is 10.3. The summed E-state index contributed by atoms with van der Waals surface area (Å²) in [5.74, 6) is 0. The maximum absolute atomic E-state index is 10.6. The monoisotopic (exact) mass is 210 g/mol. The van der Waals surface area contributed by atoms with Gasteiger partial charge in [-0.15, -0.1) is 0 Å². The van der Waals surface area contributed by atoms with E-state index in [0.29, 0.717) is 13.1 Å². The standard InChI is InChI=1S/C7H18N2O3S/c1-9(6-7-10)5-3-4-8-13(2,11)12/h8,10H,3-7H2,1-2H3. The molecule has 0 saturated heterocycles. The Balaban J connectivity index is 3.36. The van der Waals surface area contributed by atoms with Gasteiger partial charge in [-0.05, 0) is 20.0 Å². The molecular formula is C7H18N2O3S.